The predicted octanol–water partition coefficient (Wildman–Crippen LogP) is 4.31. The summed E-state index contributed by atoms with van der Waals surface area (Å²) in [6, 6.07) is 18.6. The molecule has 0 saturated heterocycles. The first kappa shape index (κ1) is 14.2. The zero-order chi connectivity index (χ0) is 15.8. The Balaban J connectivity index is 1.97. The van der Waals surface area contributed by atoms with Crippen molar-refractivity contribution in [2.75, 3.05) is 6.54 Å². The van der Waals surface area contributed by atoms with Crippen LogP contribution in [0, 0.1) is 0 Å². The molecule has 0 aliphatic carbocycles. The predicted molar refractivity (Wildman–Crippen MR) is 95.9 cm³/mol. The number of hydrogen-bond donors (Lipinski definition) is 1. The number of fused-ring (bicyclic) bond motifs is 2. The van der Waals surface area contributed by atoms with E-state index < -0.39 is 0 Å². The minimum absolute atomic E-state index is 0.570. The highest BCUT2D eigenvalue weighted by Gasteiger charge is 2.14. The van der Waals surface area contributed by atoms with Crippen LogP contribution in [0.1, 0.15) is 5.69 Å². The lowest BCUT2D eigenvalue weighted by atomic mass is 10.0. The van der Waals surface area contributed by atoms with Crippen molar-refractivity contribution >= 4 is 28.0 Å². The van der Waals surface area contributed by atoms with Gasteiger partial charge in [-0.2, -0.15) is 0 Å². The molecule has 4 heteroatoms. The van der Waals surface area contributed by atoms with Gasteiger partial charge in [0.25, 0.3) is 0 Å². The Kier molecular flexibility index (Phi) is 3.52. The van der Waals surface area contributed by atoms with Gasteiger partial charge in [0.1, 0.15) is 5.65 Å². The van der Waals surface area contributed by atoms with Crippen molar-refractivity contribution in [2.24, 2.45) is 5.73 Å². The fourth-order valence-electron chi connectivity index (χ4n) is 3.01. The Morgan fingerprint density at radius 3 is 2.65 bits per heavy atom. The molecular weight excluding hydrogens is 306 g/mol. The van der Waals surface area contributed by atoms with Crippen LogP contribution in [0.25, 0.3) is 27.7 Å². The van der Waals surface area contributed by atoms with Crippen molar-refractivity contribution in [2.45, 2.75) is 6.42 Å². The van der Waals surface area contributed by atoms with Crippen molar-refractivity contribution < 1.29 is 0 Å². The normalized spacial score (nSPS) is 11.4. The van der Waals surface area contributed by atoms with E-state index in [2.05, 4.69) is 42.5 Å². The largest absolute Gasteiger partial charge is 0.330 e. The topological polar surface area (TPSA) is 43.3 Å². The third-order valence-corrected chi connectivity index (χ3v) is 4.31. The molecule has 2 N–H and O–H groups in total. The fourth-order valence-corrected chi connectivity index (χ4v) is 3.17. The molecule has 0 aliphatic rings. The minimum Gasteiger partial charge on any atom is -0.330 e. The van der Waals surface area contributed by atoms with Crippen molar-refractivity contribution in [1.29, 1.82) is 0 Å². The summed E-state index contributed by atoms with van der Waals surface area (Å²) in [5.74, 6) is 0. The highest BCUT2D eigenvalue weighted by molar-refractivity contribution is 6.30. The molecule has 2 aromatic carbocycles. The van der Waals surface area contributed by atoms with Crippen LogP contribution < -0.4 is 5.73 Å². The molecule has 0 atom stereocenters. The maximum absolute atomic E-state index is 6.14. The van der Waals surface area contributed by atoms with E-state index >= 15 is 0 Å². The Morgan fingerprint density at radius 1 is 1.00 bits per heavy atom. The Labute approximate surface area is 139 Å². The third-order valence-electron chi connectivity index (χ3n) is 4.09. The van der Waals surface area contributed by atoms with E-state index in [4.69, 9.17) is 22.3 Å². The van der Waals surface area contributed by atoms with E-state index in [1.807, 2.05) is 22.7 Å². The lowest BCUT2D eigenvalue weighted by molar-refractivity contribution is 0.907. The summed E-state index contributed by atoms with van der Waals surface area (Å²) >= 11 is 6.14. The number of nitrogens with zero attached hydrogens (tertiary/aromatic N) is 2. The molecule has 0 spiro atoms. The second-order valence-corrected chi connectivity index (χ2v) is 6.02. The quantitative estimate of drug-likeness (QED) is 0.611. The second kappa shape index (κ2) is 5.69. The van der Waals surface area contributed by atoms with Gasteiger partial charge >= 0.3 is 0 Å². The number of halogens is 1. The smallest absolute Gasteiger partial charge is 0.137 e. The van der Waals surface area contributed by atoms with Gasteiger partial charge in [0.15, 0.2) is 0 Å². The second-order valence-electron chi connectivity index (χ2n) is 5.58. The maximum Gasteiger partial charge on any atom is 0.137 e. The van der Waals surface area contributed by atoms with Crippen LogP contribution in [0.2, 0.25) is 5.02 Å². The maximum atomic E-state index is 6.14. The molecule has 0 saturated carbocycles. The number of nitrogens with two attached hydrogens (primary N) is 1. The number of hydrogen-bond acceptors (Lipinski definition) is 2. The minimum atomic E-state index is 0.570. The number of rotatable bonds is 3. The fraction of sp³-hybridized carbons (Fsp3) is 0.105. The number of imidazole rings is 1. The summed E-state index contributed by atoms with van der Waals surface area (Å²) in [6.45, 7) is 0.570. The van der Waals surface area contributed by atoms with Gasteiger partial charge in [-0.15, -0.1) is 0 Å². The average molecular weight is 322 g/mol. The molecule has 0 unspecified atom stereocenters. The molecule has 0 bridgehead atoms. The summed E-state index contributed by atoms with van der Waals surface area (Å²) in [5, 5.41) is 3.13. The highest BCUT2D eigenvalue weighted by Crippen LogP contribution is 2.28. The van der Waals surface area contributed by atoms with E-state index in [0.717, 1.165) is 29.0 Å². The van der Waals surface area contributed by atoms with Crippen LogP contribution in [-0.2, 0) is 6.42 Å². The van der Waals surface area contributed by atoms with Crippen LogP contribution in [-0.4, -0.2) is 15.9 Å². The molecule has 4 rings (SSSR count). The molecule has 0 aliphatic heterocycles. The molecule has 2 aromatic heterocycles. The van der Waals surface area contributed by atoms with E-state index in [1.165, 1.54) is 10.8 Å². The van der Waals surface area contributed by atoms with Crippen LogP contribution in [0.5, 0.6) is 0 Å². The van der Waals surface area contributed by atoms with E-state index in [-0.39, 0.29) is 0 Å². The van der Waals surface area contributed by atoms with Crippen molar-refractivity contribution in [3.05, 3.63) is 71.5 Å². The van der Waals surface area contributed by atoms with Gasteiger partial charge in [-0.3, -0.25) is 0 Å². The van der Waals surface area contributed by atoms with Gasteiger partial charge in [0.05, 0.1) is 16.4 Å². The molecule has 0 radical (unpaired) electrons. The van der Waals surface area contributed by atoms with Crippen molar-refractivity contribution in [1.82, 2.24) is 9.38 Å². The molecule has 114 valence electrons. The summed E-state index contributed by atoms with van der Waals surface area (Å²) in [5.41, 5.74) is 9.88. The summed E-state index contributed by atoms with van der Waals surface area (Å²) in [6.07, 6.45) is 2.66. The van der Waals surface area contributed by atoms with Crippen LogP contribution >= 0.6 is 11.6 Å². The lowest BCUT2D eigenvalue weighted by Gasteiger charge is -2.05. The van der Waals surface area contributed by atoms with Gasteiger partial charge in [0, 0.05) is 18.2 Å². The molecule has 0 fully saturated rings. The zero-order valence-corrected chi connectivity index (χ0v) is 13.3. The van der Waals surface area contributed by atoms with Gasteiger partial charge in [-0.05, 0) is 35.5 Å². The molecule has 3 nitrogen and oxygen atoms in total. The van der Waals surface area contributed by atoms with E-state index in [0.29, 0.717) is 11.6 Å². The standard InChI is InChI=1S/C19H16ClN3/c20-16-7-8-18-22-19(17(9-10-21)23(18)12-16)15-6-5-13-3-1-2-4-14(13)11-15/h1-8,11-12H,9-10,21H2. The van der Waals surface area contributed by atoms with Gasteiger partial charge < -0.3 is 10.1 Å². The van der Waals surface area contributed by atoms with Crippen LogP contribution in [0.4, 0.5) is 0 Å². The van der Waals surface area contributed by atoms with Crippen molar-refractivity contribution in [3.63, 3.8) is 0 Å². The highest BCUT2D eigenvalue weighted by atomic mass is 35.5. The van der Waals surface area contributed by atoms with E-state index in [9.17, 15) is 0 Å². The molecule has 23 heavy (non-hydrogen) atoms. The lowest BCUT2D eigenvalue weighted by Crippen LogP contribution is -2.06. The summed E-state index contributed by atoms with van der Waals surface area (Å²) in [7, 11) is 0. The zero-order valence-electron chi connectivity index (χ0n) is 12.5. The monoisotopic (exact) mass is 321 g/mol. The van der Waals surface area contributed by atoms with E-state index in [1.54, 1.807) is 0 Å². The Bertz CT molecular complexity index is 1000. The summed E-state index contributed by atoms with van der Waals surface area (Å²) in [4.78, 5) is 4.80. The van der Waals surface area contributed by atoms with Crippen LogP contribution in [0.15, 0.2) is 60.8 Å². The SMILES string of the molecule is NCCc1c(-c2ccc3ccccc3c2)nc2ccc(Cl)cn12. The first-order valence-electron chi connectivity index (χ1n) is 7.62. The third kappa shape index (κ3) is 2.48. The van der Waals surface area contributed by atoms with Gasteiger partial charge in [-0.25, -0.2) is 4.98 Å². The number of pyridine rings is 1. The van der Waals surface area contributed by atoms with Crippen LogP contribution in [0.3, 0.4) is 0 Å². The van der Waals surface area contributed by atoms with Crippen molar-refractivity contribution in [3.8, 4) is 11.3 Å². The summed E-state index contributed by atoms with van der Waals surface area (Å²) < 4.78 is 2.04. The average Bonchev–Trinajstić information content (AvgIpc) is 2.93. The first-order valence-corrected chi connectivity index (χ1v) is 8.00. The van der Waals surface area contributed by atoms with Gasteiger partial charge in [0.2, 0.25) is 0 Å². The first-order chi connectivity index (χ1) is 11.3. The number of aromatic nitrogens is 2. The molecule has 2 heterocycles. The molecular formula is C19H16ClN3. The van der Waals surface area contributed by atoms with Gasteiger partial charge in [-0.1, -0.05) is 48.0 Å². The molecule has 0 amide bonds. The number of benzene rings is 2. The Hall–Kier alpha value is -2.36. The Morgan fingerprint density at radius 2 is 1.83 bits per heavy atom. The molecule has 4 aromatic rings.